The van der Waals surface area contributed by atoms with Crippen LogP contribution in [0.3, 0.4) is 0 Å². The van der Waals surface area contributed by atoms with Crippen LogP contribution in [-0.4, -0.2) is 17.4 Å². The van der Waals surface area contributed by atoms with Gasteiger partial charge in [0.15, 0.2) is 0 Å². The minimum Gasteiger partial charge on any atom is -0.354 e. The maximum Gasteiger partial charge on any atom is 0.0899 e. The molecule has 2 heterocycles. The molecule has 0 bridgehead atoms. The number of hydrogen-bond acceptors (Lipinski definition) is 3. The fraction of sp³-hybridized carbons (Fsp3) is 0.156. The molecule has 1 aliphatic rings. The lowest BCUT2D eigenvalue weighted by molar-refractivity contribution is 1.07. The topological polar surface area (TPSA) is 40.5 Å². The van der Waals surface area contributed by atoms with E-state index >= 15 is 0 Å². The molecule has 4 heteroatoms. The second-order valence-electron chi connectivity index (χ2n) is 12.1. The van der Waals surface area contributed by atoms with E-state index in [4.69, 9.17) is 4.99 Å². The number of allylic oxidation sites excluding steroid dienone is 1. The predicted octanol–water partition coefficient (Wildman–Crippen LogP) is 12.7. The first-order chi connectivity index (χ1) is 24.0. The quantitative estimate of drug-likeness (QED) is 0.173. The number of thiophene rings is 1. The molecule has 7 aromatic rings. The molecule has 2 aromatic heterocycles. The third-order valence-corrected chi connectivity index (χ3v) is 10.1. The van der Waals surface area contributed by atoms with E-state index in [1.807, 2.05) is 26.0 Å². The molecule has 0 aliphatic heterocycles. The van der Waals surface area contributed by atoms with Gasteiger partial charge < -0.3 is 4.98 Å². The number of H-pyrrole nitrogens is 1. The van der Waals surface area contributed by atoms with Crippen molar-refractivity contribution < 1.29 is 0 Å². The van der Waals surface area contributed by atoms with E-state index < -0.39 is 0 Å². The molecule has 0 fully saturated rings. The van der Waals surface area contributed by atoms with E-state index in [9.17, 15) is 0 Å². The number of aromatic amines is 1. The summed E-state index contributed by atoms with van der Waals surface area (Å²) in [6.07, 6.45) is 3.24. The van der Waals surface area contributed by atoms with E-state index in [0.717, 1.165) is 28.3 Å². The van der Waals surface area contributed by atoms with Crippen molar-refractivity contribution >= 4 is 57.3 Å². The minimum absolute atomic E-state index is 0.652. The van der Waals surface area contributed by atoms with Gasteiger partial charge in [0.1, 0.15) is 0 Å². The summed E-state index contributed by atoms with van der Waals surface area (Å²) >= 11 is 1.80. The highest BCUT2D eigenvalue weighted by atomic mass is 32.1. The third-order valence-electron chi connectivity index (χ3n) is 8.89. The summed E-state index contributed by atoms with van der Waals surface area (Å²) in [4.78, 5) is 15.4. The molecule has 0 unspecified atom stereocenters. The summed E-state index contributed by atoms with van der Waals surface area (Å²) in [6.45, 7) is 15.0. The lowest BCUT2D eigenvalue weighted by Gasteiger charge is -2.10. The van der Waals surface area contributed by atoms with Gasteiger partial charge in [-0.2, -0.15) is 0 Å². The van der Waals surface area contributed by atoms with Gasteiger partial charge in [0, 0.05) is 38.7 Å². The van der Waals surface area contributed by atoms with Crippen molar-refractivity contribution in [2.45, 2.75) is 47.6 Å². The molecule has 0 saturated carbocycles. The monoisotopic (exact) mass is 657 g/mol. The Labute approximate surface area is 294 Å². The smallest absolute Gasteiger partial charge is 0.0899 e. The Hall–Kier alpha value is -5.32. The summed E-state index contributed by atoms with van der Waals surface area (Å²) in [5, 5.41) is 2.60. The average Bonchev–Trinajstić information content (AvgIpc) is 3.81. The molecule has 0 atom stereocenters. The Balaban J connectivity index is 0.000000165. The molecule has 0 spiro atoms. The van der Waals surface area contributed by atoms with E-state index in [2.05, 4.69) is 153 Å². The van der Waals surface area contributed by atoms with Gasteiger partial charge in [-0.25, -0.2) is 0 Å². The lowest BCUT2D eigenvalue weighted by Crippen LogP contribution is -2.02. The summed E-state index contributed by atoms with van der Waals surface area (Å²) in [5.41, 5.74) is 14.6. The van der Waals surface area contributed by atoms with Gasteiger partial charge in [-0.3, -0.25) is 9.98 Å². The molecule has 1 N–H and O–H groups in total. The van der Waals surface area contributed by atoms with E-state index in [0.29, 0.717) is 6.54 Å². The number of aromatic nitrogens is 1. The number of fused-ring (bicyclic) bond motifs is 4. The van der Waals surface area contributed by atoms with Crippen molar-refractivity contribution in [1.82, 2.24) is 4.98 Å². The van der Waals surface area contributed by atoms with Crippen molar-refractivity contribution in [3.63, 3.8) is 0 Å². The van der Waals surface area contributed by atoms with Gasteiger partial charge in [-0.05, 0) is 61.4 Å². The van der Waals surface area contributed by atoms with Gasteiger partial charge >= 0.3 is 0 Å². The molecule has 244 valence electrons. The van der Waals surface area contributed by atoms with Crippen LogP contribution in [0.4, 0.5) is 5.69 Å². The maximum atomic E-state index is 4.99. The zero-order valence-electron chi connectivity index (χ0n) is 29.0. The zero-order valence-corrected chi connectivity index (χ0v) is 29.9. The Morgan fingerprint density at radius 2 is 1.41 bits per heavy atom. The average molecular weight is 658 g/mol. The minimum atomic E-state index is 0.652. The normalized spacial score (nSPS) is 12.1. The number of benzene rings is 5. The molecule has 0 radical (unpaired) electrons. The van der Waals surface area contributed by atoms with Gasteiger partial charge in [0.2, 0.25) is 0 Å². The SMILES string of the molecule is C=Nc1c(C(=NCc2ccccc2)c2ccccc2)sc2c1C=C(C)C2.CC.Cc1ccccc1-c1ccc2c([nH]c3ccccc32)c1C. The number of rotatable bonds is 6. The first-order valence-corrected chi connectivity index (χ1v) is 17.8. The summed E-state index contributed by atoms with van der Waals surface area (Å²) in [5.74, 6) is 0. The molecule has 3 nitrogen and oxygen atoms in total. The zero-order chi connectivity index (χ0) is 34.3. The van der Waals surface area contributed by atoms with Crippen LogP contribution in [0.25, 0.3) is 39.0 Å². The van der Waals surface area contributed by atoms with Crippen LogP contribution in [0.5, 0.6) is 0 Å². The molecule has 1 aliphatic carbocycles. The third kappa shape index (κ3) is 6.97. The second kappa shape index (κ2) is 15.3. The van der Waals surface area contributed by atoms with E-state index in [1.165, 1.54) is 65.6 Å². The second-order valence-corrected chi connectivity index (χ2v) is 13.2. The number of hydrogen-bond donors (Lipinski definition) is 1. The molecule has 5 aromatic carbocycles. The number of nitrogens with zero attached hydrogens (tertiary/aromatic N) is 2. The Bertz CT molecular complexity index is 2290. The molecule has 49 heavy (non-hydrogen) atoms. The number of aliphatic imine (C=N–C) groups is 2. The molecule has 8 rings (SSSR count). The Morgan fingerprint density at radius 1 is 0.735 bits per heavy atom. The molecular weight excluding hydrogens is 615 g/mol. The summed E-state index contributed by atoms with van der Waals surface area (Å²) in [7, 11) is 0. The number of para-hydroxylation sites is 1. The van der Waals surface area contributed by atoms with Gasteiger partial charge in [-0.15, -0.1) is 11.3 Å². The van der Waals surface area contributed by atoms with Crippen LogP contribution in [0.15, 0.2) is 137 Å². The highest BCUT2D eigenvalue weighted by molar-refractivity contribution is 7.15. The molecule has 0 saturated heterocycles. The van der Waals surface area contributed by atoms with E-state index in [-0.39, 0.29) is 0 Å². The Kier molecular flexibility index (Phi) is 10.5. The van der Waals surface area contributed by atoms with Crippen LogP contribution in [-0.2, 0) is 13.0 Å². The Morgan fingerprint density at radius 3 is 2.14 bits per heavy atom. The fourth-order valence-corrected chi connectivity index (χ4v) is 7.86. The first-order valence-electron chi connectivity index (χ1n) is 17.0. The number of aryl methyl sites for hydroxylation is 2. The van der Waals surface area contributed by atoms with Crippen LogP contribution >= 0.6 is 11.3 Å². The van der Waals surface area contributed by atoms with Crippen molar-refractivity contribution in [1.29, 1.82) is 0 Å². The maximum absolute atomic E-state index is 4.99. The van der Waals surface area contributed by atoms with Crippen LogP contribution in [0.2, 0.25) is 0 Å². The lowest BCUT2D eigenvalue weighted by atomic mass is 9.95. The molecule has 0 amide bonds. The summed E-state index contributed by atoms with van der Waals surface area (Å²) in [6, 6.07) is 42.3. The van der Waals surface area contributed by atoms with Crippen molar-refractivity contribution in [2.24, 2.45) is 9.98 Å². The van der Waals surface area contributed by atoms with Crippen LogP contribution in [0.1, 0.15) is 58.3 Å². The van der Waals surface area contributed by atoms with Gasteiger partial charge in [0.05, 0.1) is 28.3 Å². The van der Waals surface area contributed by atoms with Crippen molar-refractivity contribution in [3.05, 3.63) is 164 Å². The standard InChI is InChI=1S/C23H20N2S.C20H17N.C2H6/c1-16-13-19-20(14-16)26-23(22(19)24-2)21(18-11-7-4-8-12-18)25-15-17-9-5-3-6-10-17;1-13-7-3-4-8-15(13)16-11-12-18-17-9-5-6-10-19(17)21-20(18)14(16)2;1-2/h3-13H,2,14-15H2,1H3;3-12,21H,1-2H3;1-2H3. The van der Waals surface area contributed by atoms with Crippen molar-refractivity contribution in [2.75, 3.05) is 0 Å². The predicted molar refractivity (Wildman–Crippen MR) is 215 cm³/mol. The number of nitrogens with one attached hydrogen (secondary N) is 1. The first kappa shape index (κ1) is 33.6. The molecular formula is C45H43N3S. The van der Waals surface area contributed by atoms with Crippen LogP contribution in [0, 0.1) is 13.8 Å². The fourth-order valence-electron chi connectivity index (χ4n) is 6.50. The van der Waals surface area contributed by atoms with E-state index in [1.54, 1.807) is 11.3 Å². The van der Waals surface area contributed by atoms with Crippen LogP contribution < -0.4 is 0 Å². The largest absolute Gasteiger partial charge is 0.354 e. The highest BCUT2D eigenvalue weighted by Gasteiger charge is 2.24. The highest BCUT2D eigenvalue weighted by Crippen LogP contribution is 2.43. The van der Waals surface area contributed by atoms with Gasteiger partial charge in [-0.1, -0.05) is 141 Å². The summed E-state index contributed by atoms with van der Waals surface area (Å²) < 4.78 is 0. The van der Waals surface area contributed by atoms with Crippen molar-refractivity contribution in [3.8, 4) is 11.1 Å². The van der Waals surface area contributed by atoms with Gasteiger partial charge in [0.25, 0.3) is 0 Å².